The van der Waals surface area contributed by atoms with E-state index < -0.39 is 4.92 Å². The van der Waals surface area contributed by atoms with Gasteiger partial charge in [0.05, 0.1) is 4.92 Å². The van der Waals surface area contributed by atoms with Gasteiger partial charge in [0.1, 0.15) is 0 Å². The van der Waals surface area contributed by atoms with Crippen LogP contribution in [0.3, 0.4) is 0 Å². The molecule has 0 aliphatic carbocycles. The highest BCUT2D eigenvalue weighted by Crippen LogP contribution is 2.18. The van der Waals surface area contributed by atoms with Gasteiger partial charge in [-0.15, -0.1) is 0 Å². The van der Waals surface area contributed by atoms with E-state index in [1.807, 2.05) is 24.3 Å². The minimum absolute atomic E-state index is 0.00108. The number of carbonyl (C=O) groups excluding carboxylic acids is 1. The fourth-order valence-corrected chi connectivity index (χ4v) is 2.41. The van der Waals surface area contributed by atoms with E-state index in [0.29, 0.717) is 12.1 Å². The van der Waals surface area contributed by atoms with Crippen LogP contribution in [0.5, 0.6) is 0 Å². The normalized spacial score (nSPS) is 10.7. The number of nitro groups is 1. The maximum absolute atomic E-state index is 12.1. The van der Waals surface area contributed by atoms with Crippen LogP contribution >= 0.6 is 15.9 Å². The van der Waals surface area contributed by atoms with Crippen molar-refractivity contribution in [2.24, 2.45) is 0 Å². The second kappa shape index (κ2) is 7.69. The van der Waals surface area contributed by atoms with Crippen molar-refractivity contribution < 1.29 is 9.72 Å². The van der Waals surface area contributed by atoms with Gasteiger partial charge in [-0.1, -0.05) is 46.3 Å². The van der Waals surface area contributed by atoms with Crippen LogP contribution in [0.25, 0.3) is 6.08 Å². The minimum Gasteiger partial charge on any atom is -0.338 e. The van der Waals surface area contributed by atoms with Gasteiger partial charge < -0.3 is 4.90 Å². The summed E-state index contributed by atoms with van der Waals surface area (Å²) in [5, 5.41) is 10.7. The number of hydrogen-bond donors (Lipinski definition) is 0. The Morgan fingerprint density at radius 2 is 2.00 bits per heavy atom. The predicted octanol–water partition coefficient (Wildman–Crippen LogP) is 4.03. The van der Waals surface area contributed by atoms with Crippen LogP contribution in [0, 0.1) is 10.1 Å². The molecule has 0 saturated carbocycles. The molecule has 0 heterocycles. The topological polar surface area (TPSA) is 63.5 Å². The Kier molecular flexibility index (Phi) is 5.65. The fourth-order valence-electron chi connectivity index (χ4n) is 2.00. The molecule has 23 heavy (non-hydrogen) atoms. The van der Waals surface area contributed by atoms with E-state index >= 15 is 0 Å². The van der Waals surface area contributed by atoms with Crippen LogP contribution in [0.1, 0.15) is 11.1 Å². The lowest BCUT2D eigenvalue weighted by Gasteiger charge is -2.16. The molecule has 0 aliphatic rings. The van der Waals surface area contributed by atoms with Gasteiger partial charge in [0, 0.05) is 36.3 Å². The lowest BCUT2D eigenvalue weighted by atomic mass is 10.2. The van der Waals surface area contributed by atoms with Gasteiger partial charge in [0.2, 0.25) is 5.91 Å². The molecule has 0 radical (unpaired) electrons. The molecule has 5 nitrogen and oxygen atoms in total. The number of nitrogens with zero attached hydrogens (tertiary/aromatic N) is 2. The van der Waals surface area contributed by atoms with Crippen molar-refractivity contribution >= 4 is 33.6 Å². The summed E-state index contributed by atoms with van der Waals surface area (Å²) in [5.74, 6) is -0.174. The third kappa shape index (κ3) is 4.75. The van der Waals surface area contributed by atoms with Crippen molar-refractivity contribution in [3.63, 3.8) is 0 Å². The first-order valence-electron chi connectivity index (χ1n) is 6.88. The predicted molar refractivity (Wildman–Crippen MR) is 92.7 cm³/mol. The first-order valence-corrected chi connectivity index (χ1v) is 7.67. The number of hydrogen-bond acceptors (Lipinski definition) is 3. The van der Waals surface area contributed by atoms with Crippen molar-refractivity contribution in [2.45, 2.75) is 6.54 Å². The van der Waals surface area contributed by atoms with E-state index in [2.05, 4.69) is 15.9 Å². The van der Waals surface area contributed by atoms with Crippen LogP contribution in [-0.2, 0) is 11.3 Å². The van der Waals surface area contributed by atoms with Gasteiger partial charge in [-0.05, 0) is 23.3 Å². The van der Waals surface area contributed by atoms with E-state index in [1.165, 1.54) is 18.2 Å². The largest absolute Gasteiger partial charge is 0.338 e. The highest BCUT2D eigenvalue weighted by Gasteiger charge is 2.08. The Balaban J connectivity index is 2.04. The van der Waals surface area contributed by atoms with Crippen molar-refractivity contribution in [2.75, 3.05) is 7.05 Å². The zero-order valence-corrected chi connectivity index (χ0v) is 14.1. The maximum atomic E-state index is 12.1. The highest BCUT2D eigenvalue weighted by atomic mass is 79.9. The van der Waals surface area contributed by atoms with E-state index in [4.69, 9.17) is 0 Å². The molecule has 0 aromatic heterocycles. The third-order valence-corrected chi connectivity index (χ3v) is 4.01. The van der Waals surface area contributed by atoms with E-state index in [-0.39, 0.29) is 11.6 Å². The van der Waals surface area contributed by atoms with Crippen LogP contribution in [0.15, 0.2) is 59.1 Å². The average Bonchev–Trinajstić information content (AvgIpc) is 2.55. The SMILES string of the molecule is CN(Cc1ccccc1Br)C(=O)/C=C/c1cccc([N+](=O)[O-])c1. The first kappa shape index (κ1) is 16.9. The Morgan fingerprint density at radius 1 is 1.26 bits per heavy atom. The zero-order chi connectivity index (χ0) is 16.8. The van der Waals surface area contributed by atoms with E-state index in [0.717, 1.165) is 10.0 Å². The van der Waals surface area contributed by atoms with Gasteiger partial charge in [0.25, 0.3) is 5.69 Å². The number of carbonyl (C=O) groups is 1. The van der Waals surface area contributed by atoms with Crippen molar-refractivity contribution in [3.8, 4) is 0 Å². The Morgan fingerprint density at radius 3 is 2.70 bits per heavy atom. The fraction of sp³-hybridized carbons (Fsp3) is 0.118. The summed E-state index contributed by atoms with van der Waals surface area (Å²) in [4.78, 5) is 24.0. The molecule has 0 aliphatic heterocycles. The lowest BCUT2D eigenvalue weighted by molar-refractivity contribution is -0.384. The number of rotatable bonds is 5. The summed E-state index contributed by atoms with van der Waals surface area (Å²) in [7, 11) is 1.71. The summed E-state index contributed by atoms with van der Waals surface area (Å²) in [6, 6.07) is 13.8. The van der Waals surface area contributed by atoms with Gasteiger partial charge >= 0.3 is 0 Å². The molecule has 0 fully saturated rings. The Labute approximate surface area is 142 Å². The maximum Gasteiger partial charge on any atom is 0.270 e. The summed E-state index contributed by atoms with van der Waals surface area (Å²) in [6.45, 7) is 0.472. The monoisotopic (exact) mass is 374 g/mol. The molecular formula is C17H15BrN2O3. The van der Waals surface area contributed by atoms with Gasteiger partial charge in [-0.3, -0.25) is 14.9 Å². The van der Waals surface area contributed by atoms with Crippen LogP contribution in [0.4, 0.5) is 5.69 Å². The molecule has 0 saturated heterocycles. The third-order valence-electron chi connectivity index (χ3n) is 3.24. The van der Waals surface area contributed by atoms with Crippen molar-refractivity contribution in [3.05, 3.63) is 80.3 Å². The molecule has 0 bridgehead atoms. The summed E-state index contributed by atoms with van der Waals surface area (Å²) in [5.41, 5.74) is 1.62. The number of non-ortho nitro benzene ring substituents is 1. The quantitative estimate of drug-likeness (QED) is 0.450. The van der Waals surface area contributed by atoms with Crippen molar-refractivity contribution in [1.29, 1.82) is 0 Å². The van der Waals surface area contributed by atoms with Crippen LogP contribution in [-0.4, -0.2) is 22.8 Å². The van der Waals surface area contributed by atoms with Crippen LogP contribution in [0.2, 0.25) is 0 Å². The standard InChI is InChI=1S/C17H15BrN2O3/c1-19(12-14-6-2-3-8-16(14)18)17(21)10-9-13-5-4-7-15(11-13)20(22)23/h2-11H,12H2,1H3/b10-9+. The molecule has 2 rings (SSSR count). The molecule has 118 valence electrons. The molecule has 2 aromatic rings. The average molecular weight is 375 g/mol. The number of benzene rings is 2. The molecule has 0 N–H and O–H groups in total. The smallest absolute Gasteiger partial charge is 0.270 e. The van der Waals surface area contributed by atoms with E-state index in [1.54, 1.807) is 30.2 Å². The number of amides is 1. The molecule has 0 spiro atoms. The van der Waals surface area contributed by atoms with Gasteiger partial charge in [0.15, 0.2) is 0 Å². The molecule has 0 unspecified atom stereocenters. The summed E-state index contributed by atoms with van der Waals surface area (Å²) >= 11 is 3.45. The molecule has 1 amide bonds. The minimum atomic E-state index is -0.460. The second-order valence-corrected chi connectivity index (χ2v) is 5.83. The molecule has 6 heteroatoms. The lowest BCUT2D eigenvalue weighted by Crippen LogP contribution is -2.24. The first-order chi connectivity index (χ1) is 11.0. The molecular weight excluding hydrogens is 360 g/mol. The molecule has 2 aromatic carbocycles. The van der Waals surface area contributed by atoms with Crippen LogP contribution < -0.4 is 0 Å². The summed E-state index contributed by atoms with van der Waals surface area (Å²) < 4.78 is 0.947. The second-order valence-electron chi connectivity index (χ2n) is 4.97. The highest BCUT2D eigenvalue weighted by molar-refractivity contribution is 9.10. The Bertz CT molecular complexity index is 759. The van der Waals surface area contributed by atoms with Crippen molar-refractivity contribution in [1.82, 2.24) is 4.90 Å². The number of halogens is 1. The van der Waals surface area contributed by atoms with E-state index in [9.17, 15) is 14.9 Å². The van der Waals surface area contributed by atoms with Gasteiger partial charge in [-0.25, -0.2) is 0 Å². The number of nitro benzene ring substituents is 1. The Hall–Kier alpha value is -2.47. The number of likely N-dealkylation sites (N-methyl/N-ethyl adjacent to an activating group) is 1. The molecule has 0 atom stereocenters. The van der Waals surface area contributed by atoms with Gasteiger partial charge in [-0.2, -0.15) is 0 Å². The zero-order valence-electron chi connectivity index (χ0n) is 12.5. The summed E-state index contributed by atoms with van der Waals surface area (Å²) in [6.07, 6.45) is 2.99.